The average molecular weight is 381 g/mol. The standard InChI is InChI=1S/C22H27N3O3/c1-16-7-3-4-11-20(16)17-8-6-12-25(14-17)22(27)24-19-10-5-9-18(13-19)23-21(26)15-28-2/h3-5,7,9-11,13,17H,6,8,12,14-15H2,1-2H3,(H,23,26)(H,24,27)/t17-/m0/s1. The number of hydrogen-bond donors (Lipinski definition) is 2. The molecular weight excluding hydrogens is 354 g/mol. The molecule has 6 nitrogen and oxygen atoms in total. The zero-order chi connectivity index (χ0) is 19.9. The number of hydrogen-bond acceptors (Lipinski definition) is 3. The van der Waals surface area contributed by atoms with Gasteiger partial charge in [-0.1, -0.05) is 30.3 Å². The smallest absolute Gasteiger partial charge is 0.321 e. The Morgan fingerprint density at radius 3 is 2.61 bits per heavy atom. The topological polar surface area (TPSA) is 70.7 Å². The van der Waals surface area contributed by atoms with Gasteiger partial charge in [-0.25, -0.2) is 4.79 Å². The Morgan fingerprint density at radius 2 is 1.86 bits per heavy atom. The first-order chi connectivity index (χ1) is 13.6. The Bertz CT molecular complexity index is 837. The van der Waals surface area contributed by atoms with Crippen LogP contribution in [0.5, 0.6) is 0 Å². The highest BCUT2D eigenvalue weighted by molar-refractivity contribution is 5.94. The fraction of sp³-hybridized carbons (Fsp3) is 0.364. The second-order valence-corrected chi connectivity index (χ2v) is 7.13. The van der Waals surface area contributed by atoms with Gasteiger partial charge in [0.15, 0.2) is 0 Å². The molecule has 0 spiro atoms. The minimum Gasteiger partial charge on any atom is -0.375 e. The number of benzene rings is 2. The van der Waals surface area contributed by atoms with Crippen LogP contribution in [0.15, 0.2) is 48.5 Å². The largest absolute Gasteiger partial charge is 0.375 e. The van der Waals surface area contributed by atoms with Crippen LogP contribution >= 0.6 is 0 Å². The fourth-order valence-electron chi connectivity index (χ4n) is 3.67. The third kappa shape index (κ3) is 5.10. The molecule has 3 amide bonds. The molecule has 2 N–H and O–H groups in total. The lowest BCUT2D eigenvalue weighted by Crippen LogP contribution is -2.41. The Balaban J connectivity index is 1.63. The number of urea groups is 1. The molecule has 6 heteroatoms. The molecule has 28 heavy (non-hydrogen) atoms. The SMILES string of the molecule is COCC(=O)Nc1cccc(NC(=O)N2CCC[C@H](c3ccccc3C)C2)c1. The molecule has 1 saturated heterocycles. The molecule has 1 aliphatic heterocycles. The van der Waals surface area contributed by atoms with Gasteiger partial charge in [0, 0.05) is 37.5 Å². The molecule has 0 aliphatic carbocycles. The van der Waals surface area contributed by atoms with Crippen molar-refractivity contribution >= 4 is 23.3 Å². The molecule has 0 unspecified atom stereocenters. The number of nitrogens with one attached hydrogen (secondary N) is 2. The zero-order valence-corrected chi connectivity index (χ0v) is 16.4. The minimum absolute atomic E-state index is 0.00927. The summed E-state index contributed by atoms with van der Waals surface area (Å²) in [6, 6.07) is 15.4. The van der Waals surface area contributed by atoms with Crippen LogP contribution in [0.4, 0.5) is 16.2 Å². The Kier molecular flexibility index (Phi) is 6.66. The second-order valence-electron chi connectivity index (χ2n) is 7.13. The highest BCUT2D eigenvalue weighted by Crippen LogP contribution is 2.29. The van der Waals surface area contributed by atoms with Crippen LogP contribution in [0.1, 0.15) is 29.9 Å². The van der Waals surface area contributed by atoms with E-state index in [1.807, 2.05) is 17.0 Å². The number of carbonyl (C=O) groups is 2. The van der Waals surface area contributed by atoms with Gasteiger partial charge in [-0.3, -0.25) is 4.79 Å². The predicted octanol–water partition coefficient (Wildman–Crippen LogP) is 3.99. The first-order valence-electron chi connectivity index (χ1n) is 9.57. The zero-order valence-electron chi connectivity index (χ0n) is 16.4. The quantitative estimate of drug-likeness (QED) is 0.823. The van der Waals surface area contributed by atoms with Gasteiger partial charge in [0.25, 0.3) is 0 Å². The molecule has 0 saturated carbocycles. The molecule has 0 aromatic heterocycles. The highest BCUT2D eigenvalue weighted by atomic mass is 16.5. The summed E-state index contributed by atoms with van der Waals surface area (Å²) in [6.07, 6.45) is 2.08. The maximum atomic E-state index is 12.8. The lowest BCUT2D eigenvalue weighted by Gasteiger charge is -2.33. The van der Waals surface area contributed by atoms with E-state index in [4.69, 9.17) is 4.74 Å². The van der Waals surface area contributed by atoms with Gasteiger partial charge < -0.3 is 20.3 Å². The summed E-state index contributed by atoms with van der Waals surface area (Å²) in [5.74, 6) is 0.128. The van der Waals surface area contributed by atoms with Crippen LogP contribution in [0.3, 0.4) is 0 Å². The van der Waals surface area contributed by atoms with Crippen LogP contribution in [-0.4, -0.2) is 43.6 Å². The maximum absolute atomic E-state index is 12.8. The van der Waals surface area contributed by atoms with Crippen LogP contribution in [-0.2, 0) is 9.53 Å². The number of ether oxygens (including phenoxy) is 1. The maximum Gasteiger partial charge on any atom is 0.321 e. The van der Waals surface area contributed by atoms with Crippen LogP contribution in [0.2, 0.25) is 0 Å². The van der Waals surface area contributed by atoms with Gasteiger partial charge in [-0.2, -0.15) is 0 Å². The number of amides is 3. The van der Waals surface area contributed by atoms with Gasteiger partial charge >= 0.3 is 6.03 Å². The molecule has 1 heterocycles. The summed E-state index contributed by atoms with van der Waals surface area (Å²) in [6.45, 7) is 3.57. The van der Waals surface area contributed by atoms with Crippen molar-refractivity contribution in [3.63, 3.8) is 0 Å². The molecule has 1 fully saturated rings. The van der Waals surface area contributed by atoms with Crippen molar-refractivity contribution in [3.8, 4) is 0 Å². The fourth-order valence-corrected chi connectivity index (χ4v) is 3.67. The number of aryl methyl sites for hydroxylation is 1. The van der Waals surface area contributed by atoms with Crippen LogP contribution < -0.4 is 10.6 Å². The van der Waals surface area contributed by atoms with E-state index in [0.29, 0.717) is 23.8 Å². The lowest BCUT2D eigenvalue weighted by atomic mass is 9.88. The molecule has 0 radical (unpaired) electrons. The molecular formula is C22H27N3O3. The summed E-state index contributed by atoms with van der Waals surface area (Å²) in [7, 11) is 1.47. The third-order valence-electron chi connectivity index (χ3n) is 5.01. The number of methoxy groups -OCH3 is 1. The van der Waals surface area contributed by atoms with E-state index in [1.54, 1.807) is 18.2 Å². The molecule has 1 atom stereocenters. The van der Waals surface area contributed by atoms with E-state index in [9.17, 15) is 9.59 Å². The molecule has 2 aromatic carbocycles. The number of carbonyl (C=O) groups excluding carboxylic acids is 2. The van der Waals surface area contributed by atoms with Crippen molar-refractivity contribution in [1.82, 2.24) is 4.90 Å². The monoisotopic (exact) mass is 381 g/mol. The second kappa shape index (κ2) is 9.37. The van der Waals surface area contributed by atoms with E-state index in [1.165, 1.54) is 18.2 Å². The Labute approximate surface area is 165 Å². The molecule has 3 rings (SSSR count). The number of likely N-dealkylation sites (tertiary alicyclic amines) is 1. The first-order valence-corrected chi connectivity index (χ1v) is 9.57. The van der Waals surface area contributed by atoms with E-state index in [2.05, 4.69) is 35.8 Å². The molecule has 1 aliphatic rings. The van der Waals surface area contributed by atoms with E-state index in [0.717, 1.165) is 19.4 Å². The van der Waals surface area contributed by atoms with Gasteiger partial charge in [0.1, 0.15) is 6.61 Å². The molecule has 2 aromatic rings. The minimum atomic E-state index is -0.233. The van der Waals surface area contributed by atoms with E-state index in [-0.39, 0.29) is 18.5 Å². The molecule has 0 bridgehead atoms. The summed E-state index contributed by atoms with van der Waals surface area (Å²) >= 11 is 0. The highest BCUT2D eigenvalue weighted by Gasteiger charge is 2.25. The normalized spacial score (nSPS) is 16.5. The predicted molar refractivity (Wildman–Crippen MR) is 111 cm³/mol. The van der Waals surface area contributed by atoms with Gasteiger partial charge in [-0.05, 0) is 49.1 Å². The summed E-state index contributed by atoms with van der Waals surface area (Å²) in [5.41, 5.74) is 3.87. The van der Waals surface area contributed by atoms with Crippen molar-refractivity contribution in [2.24, 2.45) is 0 Å². The lowest BCUT2D eigenvalue weighted by molar-refractivity contribution is -0.119. The van der Waals surface area contributed by atoms with Crippen LogP contribution in [0.25, 0.3) is 0 Å². The Hall–Kier alpha value is -2.86. The number of rotatable bonds is 5. The van der Waals surface area contributed by atoms with Crippen molar-refractivity contribution in [3.05, 3.63) is 59.7 Å². The van der Waals surface area contributed by atoms with Gasteiger partial charge in [-0.15, -0.1) is 0 Å². The number of piperidine rings is 1. The van der Waals surface area contributed by atoms with Crippen molar-refractivity contribution in [2.75, 3.05) is 37.4 Å². The van der Waals surface area contributed by atoms with Crippen molar-refractivity contribution in [1.29, 1.82) is 0 Å². The van der Waals surface area contributed by atoms with Gasteiger partial charge in [0.05, 0.1) is 0 Å². The first kappa shape index (κ1) is 19.9. The third-order valence-corrected chi connectivity index (χ3v) is 5.01. The molecule has 148 valence electrons. The average Bonchev–Trinajstić information content (AvgIpc) is 2.69. The van der Waals surface area contributed by atoms with Gasteiger partial charge in [0.2, 0.25) is 5.91 Å². The van der Waals surface area contributed by atoms with E-state index < -0.39 is 0 Å². The van der Waals surface area contributed by atoms with Crippen LogP contribution in [0, 0.1) is 6.92 Å². The number of anilines is 2. The summed E-state index contributed by atoms with van der Waals surface area (Å²) in [4.78, 5) is 26.3. The summed E-state index contributed by atoms with van der Waals surface area (Å²) in [5, 5.41) is 5.69. The Morgan fingerprint density at radius 1 is 1.11 bits per heavy atom. The van der Waals surface area contributed by atoms with Crippen molar-refractivity contribution in [2.45, 2.75) is 25.7 Å². The van der Waals surface area contributed by atoms with E-state index >= 15 is 0 Å². The number of nitrogens with zero attached hydrogens (tertiary/aromatic N) is 1. The van der Waals surface area contributed by atoms with Crippen molar-refractivity contribution < 1.29 is 14.3 Å². The summed E-state index contributed by atoms with van der Waals surface area (Å²) < 4.78 is 4.82.